The first kappa shape index (κ1) is 18.5. The number of para-hydroxylation sites is 2. The molecular weight excluding hydrogens is 368 g/mol. The summed E-state index contributed by atoms with van der Waals surface area (Å²) in [6.07, 6.45) is 1.42. The van der Waals surface area contributed by atoms with Gasteiger partial charge in [-0.3, -0.25) is 9.52 Å². The van der Waals surface area contributed by atoms with E-state index >= 15 is 0 Å². The summed E-state index contributed by atoms with van der Waals surface area (Å²) in [6, 6.07) is 14.3. The summed E-state index contributed by atoms with van der Waals surface area (Å²) >= 11 is 0. The van der Waals surface area contributed by atoms with Crippen LogP contribution in [-0.2, 0) is 10.0 Å². The second kappa shape index (κ2) is 7.55. The second-order valence-electron chi connectivity index (χ2n) is 5.72. The topological polar surface area (TPSA) is 97.6 Å². The number of nitrogens with one attached hydrogen (secondary N) is 2. The van der Waals surface area contributed by atoms with E-state index in [-0.39, 0.29) is 10.7 Å². The molecule has 0 atom stereocenters. The first-order chi connectivity index (χ1) is 12.9. The Morgan fingerprint density at radius 3 is 2.56 bits per heavy atom. The Hall–Kier alpha value is -3.26. The molecule has 0 saturated heterocycles. The molecular formula is C19H18N2O5S. The highest BCUT2D eigenvalue weighted by Gasteiger charge is 2.18. The van der Waals surface area contributed by atoms with Crippen molar-refractivity contribution in [3.63, 3.8) is 0 Å². The van der Waals surface area contributed by atoms with Crippen LogP contribution in [0.2, 0.25) is 0 Å². The maximum Gasteiger partial charge on any atom is 0.291 e. The summed E-state index contributed by atoms with van der Waals surface area (Å²) in [5.41, 5.74) is 1.34. The van der Waals surface area contributed by atoms with Crippen LogP contribution in [0.15, 0.2) is 70.2 Å². The van der Waals surface area contributed by atoms with Crippen molar-refractivity contribution in [2.45, 2.75) is 11.8 Å². The molecule has 0 spiro atoms. The quantitative estimate of drug-likeness (QED) is 0.674. The van der Waals surface area contributed by atoms with Crippen LogP contribution in [0.25, 0.3) is 0 Å². The number of ether oxygens (including phenoxy) is 1. The van der Waals surface area contributed by atoms with Gasteiger partial charge in [0.1, 0.15) is 5.75 Å². The fourth-order valence-corrected chi connectivity index (χ4v) is 3.58. The summed E-state index contributed by atoms with van der Waals surface area (Å²) < 4.78 is 38.2. The molecule has 3 rings (SSSR count). The number of rotatable bonds is 6. The molecule has 2 N–H and O–H groups in total. The first-order valence-corrected chi connectivity index (χ1v) is 9.50. The molecule has 0 fully saturated rings. The molecule has 1 amide bonds. The van der Waals surface area contributed by atoms with Crippen LogP contribution in [0.1, 0.15) is 16.1 Å². The summed E-state index contributed by atoms with van der Waals surface area (Å²) in [7, 11) is -2.41. The van der Waals surface area contributed by atoms with Gasteiger partial charge in [-0.1, -0.05) is 18.2 Å². The minimum atomic E-state index is -3.87. The van der Waals surface area contributed by atoms with E-state index in [0.29, 0.717) is 22.7 Å². The van der Waals surface area contributed by atoms with Crippen LogP contribution in [0, 0.1) is 6.92 Å². The number of furan rings is 1. The van der Waals surface area contributed by atoms with Crippen LogP contribution >= 0.6 is 0 Å². The van der Waals surface area contributed by atoms with Gasteiger partial charge in [0, 0.05) is 11.3 Å². The molecule has 0 saturated carbocycles. The van der Waals surface area contributed by atoms with Gasteiger partial charge in [0.25, 0.3) is 15.9 Å². The third-order valence-corrected chi connectivity index (χ3v) is 5.18. The Bertz CT molecular complexity index is 1070. The highest BCUT2D eigenvalue weighted by atomic mass is 32.2. The van der Waals surface area contributed by atoms with E-state index in [1.807, 2.05) is 0 Å². The molecule has 0 aliphatic carbocycles. The van der Waals surface area contributed by atoms with Crippen molar-refractivity contribution in [3.8, 4) is 5.75 Å². The van der Waals surface area contributed by atoms with Crippen LogP contribution < -0.4 is 14.8 Å². The van der Waals surface area contributed by atoms with Crippen LogP contribution in [0.3, 0.4) is 0 Å². The average molecular weight is 386 g/mol. The van der Waals surface area contributed by atoms with Gasteiger partial charge in [0.2, 0.25) is 0 Å². The van der Waals surface area contributed by atoms with E-state index in [9.17, 15) is 13.2 Å². The van der Waals surface area contributed by atoms with Gasteiger partial charge in [-0.05, 0) is 43.3 Å². The van der Waals surface area contributed by atoms with Gasteiger partial charge in [0.05, 0.1) is 24.0 Å². The Kier molecular flexibility index (Phi) is 5.18. The maximum absolute atomic E-state index is 12.7. The number of hydrogen-bond donors (Lipinski definition) is 2. The minimum Gasteiger partial charge on any atom is -0.495 e. The van der Waals surface area contributed by atoms with Crippen molar-refractivity contribution in [2.24, 2.45) is 0 Å². The molecule has 7 nitrogen and oxygen atoms in total. The zero-order valence-corrected chi connectivity index (χ0v) is 15.5. The lowest BCUT2D eigenvalue weighted by molar-refractivity contribution is 0.0996. The number of hydrogen-bond acceptors (Lipinski definition) is 5. The van der Waals surface area contributed by atoms with E-state index < -0.39 is 15.9 Å². The van der Waals surface area contributed by atoms with Crippen molar-refractivity contribution in [2.75, 3.05) is 17.1 Å². The molecule has 1 heterocycles. The zero-order chi connectivity index (χ0) is 19.4. The highest BCUT2D eigenvalue weighted by Crippen LogP contribution is 2.27. The number of carbonyl (C=O) groups is 1. The molecule has 0 bridgehead atoms. The summed E-state index contributed by atoms with van der Waals surface area (Å²) in [5, 5.41) is 2.63. The summed E-state index contributed by atoms with van der Waals surface area (Å²) in [6.45, 7) is 1.75. The second-order valence-corrected chi connectivity index (χ2v) is 7.40. The van der Waals surface area contributed by atoms with Crippen molar-refractivity contribution >= 4 is 27.3 Å². The largest absolute Gasteiger partial charge is 0.495 e. The van der Waals surface area contributed by atoms with Crippen molar-refractivity contribution in [1.29, 1.82) is 0 Å². The number of amides is 1. The van der Waals surface area contributed by atoms with Crippen LogP contribution in [0.4, 0.5) is 11.4 Å². The first-order valence-electron chi connectivity index (χ1n) is 8.02. The predicted octanol–water partition coefficient (Wildman–Crippen LogP) is 3.65. The molecule has 0 unspecified atom stereocenters. The van der Waals surface area contributed by atoms with E-state index in [1.165, 1.54) is 25.5 Å². The molecule has 3 aromatic rings. The zero-order valence-electron chi connectivity index (χ0n) is 14.7. The Morgan fingerprint density at radius 1 is 1.07 bits per heavy atom. The fraction of sp³-hybridized carbons (Fsp3) is 0.105. The Morgan fingerprint density at radius 2 is 1.85 bits per heavy atom. The highest BCUT2D eigenvalue weighted by molar-refractivity contribution is 7.92. The summed E-state index contributed by atoms with van der Waals surface area (Å²) in [5.74, 6) is 0.124. The lowest BCUT2D eigenvalue weighted by atomic mass is 10.2. The monoisotopic (exact) mass is 386 g/mol. The van der Waals surface area contributed by atoms with E-state index in [0.717, 1.165) is 0 Å². The number of aryl methyl sites for hydroxylation is 1. The van der Waals surface area contributed by atoms with Crippen LogP contribution in [-0.4, -0.2) is 21.4 Å². The molecule has 0 radical (unpaired) electrons. The molecule has 2 aromatic carbocycles. The minimum absolute atomic E-state index is 0.00220. The van der Waals surface area contributed by atoms with Gasteiger partial charge in [0.15, 0.2) is 5.76 Å². The molecule has 140 valence electrons. The van der Waals surface area contributed by atoms with E-state index in [2.05, 4.69) is 10.0 Å². The average Bonchev–Trinajstić information content (AvgIpc) is 3.08. The molecule has 0 aliphatic rings. The van der Waals surface area contributed by atoms with Gasteiger partial charge in [-0.15, -0.1) is 0 Å². The Balaban J connectivity index is 1.84. The number of methoxy groups -OCH3 is 1. The number of sulfonamides is 1. The Labute approximate surface area is 157 Å². The van der Waals surface area contributed by atoms with Crippen LogP contribution in [0.5, 0.6) is 5.75 Å². The lowest BCUT2D eigenvalue weighted by Gasteiger charge is -2.12. The van der Waals surface area contributed by atoms with E-state index in [4.69, 9.17) is 9.15 Å². The molecule has 8 heteroatoms. The van der Waals surface area contributed by atoms with Gasteiger partial charge in [-0.2, -0.15) is 0 Å². The van der Waals surface area contributed by atoms with Crippen molar-refractivity contribution in [1.82, 2.24) is 0 Å². The molecule has 27 heavy (non-hydrogen) atoms. The maximum atomic E-state index is 12.7. The van der Waals surface area contributed by atoms with Gasteiger partial charge >= 0.3 is 0 Å². The number of anilines is 2. The SMILES string of the molecule is COc1ccccc1NS(=O)(=O)c1cccc(NC(=O)c2occc2C)c1. The van der Waals surface area contributed by atoms with Crippen molar-refractivity contribution < 1.29 is 22.4 Å². The lowest BCUT2D eigenvalue weighted by Crippen LogP contribution is -2.15. The third-order valence-electron chi connectivity index (χ3n) is 3.82. The standard InChI is InChI=1S/C19H18N2O5S/c1-13-10-11-26-18(13)19(22)20-14-6-5-7-15(12-14)27(23,24)21-16-8-3-4-9-17(16)25-2/h3-12,21H,1-2H3,(H,20,22). The number of benzene rings is 2. The van der Waals surface area contributed by atoms with Crippen molar-refractivity contribution in [3.05, 3.63) is 72.2 Å². The fourth-order valence-electron chi connectivity index (χ4n) is 2.47. The van der Waals surface area contributed by atoms with Gasteiger partial charge in [-0.25, -0.2) is 8.42 Å². The molecule has 0 aliphatic heterocycles. The third kappa shape index (κ3) is 4.12. The summed E-state index contributed by atoms with van der Waals surface area (Å²) in [4.78, 5) is 12.2. The van der Waals surface area contributed by atoms with E-state index in [1.54, 1.807) is 49.4 Å². The molecule has 1 aromatic heterocycles. The normalized spacial score (nSPS) is 11.0. The predicted molar refractivity (Wildman–Crippen MR) is 102 cm³/mol. The van der Waals surface area contributed by atoms with Gasteiger partial charge < -0.3 is 14.5 Å². The smallest absolute Gasteiger partial charge is 0.291 e. The number of carbonyl (C=O) groups excluding carboxylic acids is 1.